The Morgan fingerprint density at radius 1 is 1.00 bits per heavy atom. The smallest absolute Gasteiger partial charge is 0.321 e. The molecular weight excluding hydrogens is 178 g/mol. The summed E-state index contributed by atoms with van der Waals surface area (Å²) >= 11 is 0. The van der Waals surface area contributed by atoms with Crippen molar-refractivity contribution < 1.29 is 19.8 Å². The third-order valence-corrected chi connectivity index (χ3v) is 1.32. The van der Waals surface area contributed by atoms with Crippen molar-refractivity contribution >= 4 is 11.9 Å². The molecule has 0 bridgehead atoms. The van der Waals surface area contributed by atoms with E-state index in [9.17, 15) is 9.59 Å². The quantitative estimate of drug-likeness (QED) is 0.326. The van der Waals surface area contributed by atoms with Crippen molar-refractivity contribution in [3.05, 3.63) is 0 Å². The summed E-state index contributed by atoms with van der Waals surface area (Å²) in [5, 5.41) is 16.8. The topological polar surface area (TPSA) is 111 Å². The Balaban J connectivity index is 3.56. The number of nitrogens with one attached hydrogen (secondary N) is 3. The average Bonchev–Trinajstić information content (AvgIpc) is 2.03. The van der Waals surface area contributed by atoms with E-state index in [0.717, 1.165) is 0 Å². The summed E-state index contributed by atoms with van der Waals surface area (Å²) in [5.74, 6) is -2.06. The number of hydrogen-bond donors (Lipinski definition) is 5. The van der Waals surface area contributed by atoms with Gasteiger partial charge in [-0.15, -0.1) is 0 Å². The van der Waals surface area contributed by atoms with Gasteiger partial charge in [-0.2, -0.15) is 5.53 Å². The fourth-order valence-electron chi connectivity index (χ4n) is 0.382. The number of carbonyl (C=O) groups is 2. The van der Waals surface area contributed by atoms with Crippen molar-refractivity contribution in [1.29, 1.82) is 0 Å². The highest BCUT2D eigenvalue weighted by molar-refractivity contribution is 5.73. The molecule has 7 heteroatoms. The van der Waals surface area contributed by atoms with Crippen LogP contribution in [0.25, 0.3) is 0 Å². The lowest BCUT2D eigenvalue weighted by atomic mass is 10.4. The normalized spacial score (nSPS) is 14.9. The largest absolute Gasteiger partial charge is 0.480 e. The molecule has 0 aromatic rings. The molecule has 76 valence electrons. The van der Waals surface area contributed by atoms with Crippen molar-refractivity contribution in [2.45, 2.75) is 25.9 Å². The fourth-order valence-corrected chi connectivity index (χ4v) is 0.382. The van der Waals surface area contributed by atoms with E-state index in [0.29, 0.717) is 0 Å². The Kier molecular flexibility index (Phi) is 4.97. The third-order valence-electron chi connectivity index (χ3n) is 1.32. The molecule has 0 fully saturated rings. The second kappa shape index (κ2) is 5.46. The Hall–Kier alpha value is -1.18. The lowest BCUT2D eigenvalue weighted by Crippen LogP contribution is -2.54. The van der Waals surface area contributed by atoms with Crippen LogP contribution in [-0.2, 0) is 9.59 Å². The second-order valence-corrected chi connectivity index (χ2v) is 2.53. The molecule has 0 aliphatic heterocycles. The lowest BCUT2D eigenvalue weighted by molar-refractivity contribution is -0.139. The molecule has 2 atom stereocenters. The number of rotatable bonds is 6. The van der Waals surface area contributed by atoms with E-state index >= 15 is 0 Å². The average molecular weight is 191 g/mol. The van der Waals surface area contributed by atoms with Crippen LogP contribution in [0.2, 0.25) is 0 Å². The van der Waals surface area contributed by atoms with Gasteiger partial charge in [-0.1, -0.05) is 0 Å². The van der Waals surface area contributed by atoms with Crippen LogP contribution in [0.15, 0.2) is 0 Å². The van der Waals surface area contributed by atoms with Gasteiger partial charge in [0.15, 0.2) is 0 Å². The third kappa shape index (κ3) is 5.12. The number of aliphatic carboxylic acids is 2. The van der Waals surface area contributed by atoms with E-state index in [1.54, 1.807) is 0 Å². The summed E-state index contributed by atoms with van der Waals surface area (Å²) in [4.78, 5) is 20.5. The van der Waals surface area contributed by atoms with Crippen molar-refractivity contribution in [2.24, 2.45) is 0 Å². The van der Waals surface area contributed by atoms with Crippen molar-refractivity contribution in [3.8, 4) is 0 Å². The van der Waals surface area contributed by atoms with Crippen molar-refractivity contribution in [1.82, 2.24) is 16.4 Å². The zero-order valence-electron chi connectivity index (χ0n) is 7.37. The van der Waals surface area contributed by atoms with Gasteiger partial charge in [-0.05, 0) is 13.8 Å². The van der Waals surface area contributed by atoms with Gasteiger partial charge in [0.2, 0.25) is 0 Å². The molecule has 0 aliphatic rings. The van der Waals surface area contributed by atoms with Gasteiger partial charge in [0, 0.05) is 0 Å². The minimum Gasteiger partial charge on any atom is -0.480 e. The molecule has 0 saturated carbocycles. The Bertz CT molecular complexity index is 176. The van der Waals surface area contributed by atoms with Crippen LogP contribution < -0.4 is 16.4 Å². The van der Waals surface area contributed by atoms with Gasteiger partial charge in [-0.25, -0.2) is 10.9 Å². The first-order chi connectivity index (χ1) is 5.95. The maximum Gasteiger partial charge on any atom is 0.321 e. The SMILES string of the molecule is C[C@H](NNN[C@@H](C)C(=O)O)C(=O)O. The Labute approximate surface area is 75.1 Å². The summed E-state index contributed by atoms with van der Waals surface area (Å²) in [6, 6.07) is -1.60. The van der Waals surface area contributed by atoms with Crippen LogP contribution >= 0.6 is 0 Å². The first-order valence-corrected chi connectivity index (χ1v) is 3.66. The van der Waals surface area contributed by atoms with Gasteiger partial charge >= 0.3 is 11.9 Å². The Morgan fingerprint density at radius 2 is 1.31 bits per heavy atom. The van der Waals surface area contributed by atoms with Gasteiger partial charge in [0.25, 0.3) is 0 Å². The molecule has 0 rings (SSSR count). The monoisotopic (exact) mass is 191 g/mol. The molecule has 0 unspecified atom stereocenters. The van der Waals surface area contributed by atoms with Gasteiger partial charge < -0.3 is 10.2 Å². The molecule has 0 aliphatic carbocycles. The predicted octanol–water partition coefficient (Wildman–Crippen LogP) is -1.47. The van der Waals surface area contributed by atoms with Crippen molar-refractivity contribution in [2.75, 3.05) is 0 Å². The molecule has 13 heavy (non-hydrogen) atoms. The van der Waals surface area contributed by atoms with E-state index in [-0.39, 0.29) is 0 Å². The lowest BCUT2D eigenvalue weighted by Gasteiger charge is -2.13. The Morgan fingerprint density at radius 3 is 1.54 bits per heavy atom. The molecule has 0 spiro atoms. The van der Waals surface area contributed by atoms with E-state index in [4.69, 9.17) is 10.2 Å². The van der Waals surface area contributed by atoms with Crippen LogP contribution in [-0.4, -0.2) is 34.2 Å². The zero-order chi connectivity index (χ0) is 10.4. The molecule has 0 aromatic heterocycles. The minimum absolute atomic E-state index is 0.798. The number of hydrazine groups is 2. The van der Waals surface area contributed by atoms with Crippen LogP contribution in [0, 0.1) is 0 Å². The molecule has 7 nitrogen and oxygen atoms in total. The first-order valence-electron chi connectivity index (χ1n) is 3.66. The van der Waals surface area contributed by atoms with Crippen molar-refractivity contribution in [3.63, 3.8) is 0 Å². The van der Waals surface area contributed by atoms with Gasteiger partial charge in [0.05, 0.1) is 0 Å². The summed E-state index contributed by atoms with van der Waals surface area (Å²) < 4.78 is 0. The van der Waals surface area contributed by atoms with Gasteiger partial charge in [0.1, 0.15) is 12.1 Å². The summed E-state index contributed by atoms with van der Waals surface area (Å²) in [5.41, 5.74) is 6.97. The maximum absolute atomic E-state index is 10.3. The van der Waals surface area contributed by atoms with Crippen LogP contribution in [0.5, 0.6) is 0 Å². The van der Waals surface area contributed by atoms with E-state index in [1.807, 2.05) is 0 Å². The molecular formula is C6H13N3O4. The standard InChI is InChI=1S/C6H13N3O4/c1-3(5(10)11)7-9-8-4(2)6(12)13/h3-4,7-9H,1-2H3,(H,10,11)(H,12,13)/t3-,4-/m0/s1. The zero-order valence-corrected chi connectivity index (χ0v) is 7.37. The minimum atomic E-state index is -1.03. The predicted molar refractivity (Wildman–Crippen MR) is 43.6 cm³/mol. The van der Waals surface area contributed by atoms with Crippen LogP contribution in [0.3, 0.4) is 0 Å². The molecule has 5 N–H and O–H groups in total. The van der Waals surface area contributed by atoms with E-state index in [2.05, 4.69) is 16.4 Å². The maximum atomic E-state index is 10.3. The second-order valence-electron chi connectivity index (χ2n) is 2.53. The highest BCUT2D eigenvalue weighted by atomic mass is 16.4. The van der Waals surface area contributed by atoms with Gasteiger partial charge in [-0.3, -0.25) is 9.59 Å². The van der Waals surface area contributed by atoms with Crippen LogP contribution in [0.1, 0.15) is 13.8 Å². The fraction of sp³-hybridized carbons (Fsp3) is 0.667. The molecule has 0 radical (unpaired) electrons. The molecule has 0 saturated heterocycles. The van der Waals surface area contributed by atoms with E-state index in [1.165, 1.54) is 13.8 Å². The number of carboxylic acid groups (broad SMARTS) is 2. The van der Waals surface area contributed by atoms with Crippen LogP contribution in [0.4, 0.5) is 0 Å². The summed E-state index contributed by atoms with van der Waals surface area (Å²) in [7, 11) is 0. The highest BCUT2D eigenvalue weighted by Crippen LogP contribution is 1.78. The first kappa shape index (κ1) is 11.8. The molecule has 0 heterocycles. The summed E-state index contributed by atoms with van der Waals surface area (Å²) in [6.07, 6.45) is 0. The highest BCUT2D eigenvalue weighted by Gasteiger charge is 2.11. The number of hydrogen-bond acceptors (Lipinski definition) is 5. The van der Waals surface area contributed by atoms with E-state index < -0.39 is 24.0 Å². The summed E-state index contributed by atoms with van der Waals surface area (Å²) in [6.45, 7) is 2.84. The number of carboxylic acids is 2. The molecule has 0 amide bonds. The molecule has 0 aromatic carbocycles.